The van der Waals surface area contributed by atoms with Crippen molar-refractivity contribution in [2.45, 2.75) is 25.8 Å². The molecule has 0 fully saturated rings. The monoisotopic (exact) mass is 235 g/mol. The molecule has 0 aliphatic rings. The zero-order chi connectivity index (χ0) is 12.3. The molecule has 0 saturated heterocycles. The van der Waals surface area contributed by atoms with E-state index in [1.54, 1.807) is 12.1 Å². The lowest BCUT2D eigenvalue weighted by Gasteiger charge is -2.02. The van der Waals surface area contributed by atoms with Gasteiger partial charge in [0.25, 0.3) is 5.89 Å². The van der Waals surface area contributed by atoms with Gasteiger partial charge in [-0.15, -0.1) is 0 Å². The molecule has 17 heavy (non-hydrogen) atoms. The van der Waals surface area contributed by atoms with Gasteiger partial charge in [0.2, 0.25) is 0 Å². The Morgan fingerprint density at radius 1 is 1.35 bits per heavy atom. The molecule has 0 aliphatic carbocycles. The van der Waals surface area contributed by atoms with Gasteiger partial charge in [0, 0.05) is 5.56 Å². The zero-order valence-electron chi connectivity index (χ0n) is 9.56. The predicted octanol–water partition coefficient (Wildman–Crippen LogP) is 2.68. The first-order chi connectivity index (χ1) is 8.20. The lowest BCUT2D eigenvalue weighted by molar-refractivity contribution is 0.413. The van der Waals surface area contributed by atoms with Crippen molar-refractivity contribution in [3.63, 3.8) is 0 Å². The second-order valence-corrected chi connectivity index (χ2v) is 3.86. The average molecular weight is 235 g/mol. The van der Waals surface area contributed by atoms with Gasteiger partial charge < -0.3 is 10.3 Å². The highest BCUT2D eigenvalue weighted by molar-refractivity contribution is 5.52. The van der Waals surface area contributed by atoms with E-state index in [1.807, 2.05) is 6.92 Å². The van der Waals surface area contributed by atoms with E-state index >= 15 is 0 Å². The molecule has 1 heterocycles. The number of nitrogens with two attached hydrogens (primary N) is 1. The quantitative estimate of drug-likeness (QED) is 0.884. The van der Waals surface area contributed by atoms with Crippen LogP contribution in [0, 0.1) is 5.82 Å². The highest BCUT2D eigenvalue weighted by Crippen LogP contribution is 2.20. The normalized spacial score (nSPS) is 12.6. The Bertz CT molecular complexity index is 481. The number of benzene rings is 1. The molecule has 2 rings (SSSR count). The van der Waals surface area contributed by atoms with Crippen LogP contribution in [-0.2, 0) is 0 Å². The van der Waals surface area contributed by atoms with E-state index in [9.17, 15) is 4.39 Å². The lowest BCUT2D eigenvalue weighted by atomic mass is 10.2. The summed E-state index contributed by atoms with van der Waals surface area (Å²) in [5, 5.41) is 3.83. The molecule has 1 unspecified atom stereocenters. The summed E-state index contributed by atoms with van der Waals surface area (Å²) in [6.07, 6.45) is 1.77. The number of hydrogen-bond donors (Lipinski definition) is 1. The maximum absolute atomic E-state index is 12.7. The SMILES string of the molecule is CCCC(N)c1noc(-c2ccc(F)cc2)n1. The van der Waals surface area contributed by atoms with Crippen LogP contribution in [0.25, 0.3) is 11.5 Å². The molecule has 2 N–H and O–H groups in total. The number of rotatable bonds is 4. The second kappa shape index (κ2) is 5.05. The summed E-state index contributed by atoms with van der Waals surface area (Å²) in [7, 11) is 0. The number of halogens is 1. The number of hydrogen-bond acceptors (Lipinski definition) is 4. The number of nitrogens with zero attached hydrogens (tertiary/aromatic N) is 2. The molecule has 0 spiro atoms. The van der Waals surface area contributed by atoms with Crippen LogP contribution in [0.15, 0.2) is 28.8 Å². The van der Waals surface area contributed by atoms with Gasteiger partial charge in [0.05, 0.1) is 6.04 Å². The summed E-state index contributed by atoms with van der Waals surface area (Å²) in [5.74, 6) is 0.564. The molecule has 0 bridgehead atoms. The van der Waals surface area contributed by atoms with Crippen LogP contribution in [0.5, 0.6) is 0 Å². The topological polar surface area (TPSA) is 64.9 Å². The highest BCUT2D eigenvalue weighted by Gasteiger charge is 2.14. The molecule has 1 aromatic heterocycles. The summed E-state index contributed by atoms with van der Waals surface area (Å²) < 4.78 is 17.8. The summed E-state index contributed by atoms with van der Waals surface area (Å²) >= 11 is 0. The molecule has 1 atom stereocenters. The molecule has 5 heteroatoms. The number of aromatic nitrogens is 2. The fourth-order valence-corrected chi connectivity index (χ4v) is 1.54. The Morgan fingerprint density at radius 3 is 2.71 bits per heavy atom. The summed E-state index contributed by atoms with van der Waals surface area (Å²) in [6, 6.07) is 5.68. The standard InChI is InChI=1S/C12H14FN3O/c1-2-3-10(14)11-15-12(17-16-11)8-4-6-9(13)7-5-8/h4-7,10H,2-3,14H2,1H3. The molecule has 0 saturated carbocycles. The fraction of sp³-hybridized carbons (Fsp3) is 0.333. The van der Waals surface area contributed by atoms with Crippen molar-refractivity contribution in [1.29, 1.82) is 0 Å². The largest absolute Gasteiger partial charge is 0.334 e. The van der Waals surface area contributed by atoms with Crippen LogP contribution >= 0.6 is 0 Å². The van der Waals surface area contributed by atoms with E-state index in [0.717, 1.165) is 12.8 Å². The van der Waals surface area contributed by atoms with E-state index in [4.69, 9.17) is 10.3 Å². The van der Waals surface area contributed by atoms with Gasteiger partial charge in [-0.3, -0.25) is 0 Å². The minimum atomic E-state index is -0.295. The third kappa shape index (κ3) is 2.68. The Morgan fingerprint density at radius 2 is 2.06 bits per heavy atom. The second-order valence-electron chi connectivity index (χ2n) is 3.86. The maximum Gasteiger partial charge on any atom is 0.257 e. The van der Waals surface area contributed by atoms with Crippen molar-refractivity contribution in [3.8, 4) is 11.5 Å². The van der Waals surface area contributed by atoms with Crippen LogP contribution < -0.4 is 5.73 Å². The van der Waals surface area contributed by atoms with E-state index in [-0.39, 0.29) is 11.9 Å². The molecule has 4 nitrogen and oxygen atoms in total. The molecule has 90 valence electrons. The Kier molecular flexibility index (Phi) is 3.49. The van der Waals surface area contributed by atoms with Gasteiger partial charge in [-0.25, -0.2) is 4.39 Å². The fourth-order valence-electron chi connectivity index (χ4n) is 1.54. The van der Waals surface area contributed by atoms with E-state index < -0.39 is 0 Å². The minimum absolute atomic E-state index is 0.210. The molecule has 0 aliphatic heterocycles. The molecule has 2 aromatic rings. The van der Waals surface area contributed by atoms with Gasteiger partial charge in [0.1, 0.15) is 5.82 Å². The Balaban J connectivity index is 2.20. The molecule has 0 radical (unpaired) electrons. The van der Waals surface area contributed by atoms with Crippen LogP contribution in [0.1, 0.15) is 31.6 Å². The van der Waals surface area contributed by atoms with Gasteiger partial charge in [-0.2, -0.15) is 4.98 Å². The van der Waals surface area contributed by atoms with Gasteiger partial charge in [0.15, 0.2) is 5.82 Å². The van der Waals surface area contributed by atoms with Crippen molar-refractivity contribution in [3.05, 3.63) is 35.9 Å². The third-order valence-electron chi connectivity index (χ3n) is 2.46. The van der Waals surface area contributed by atoms with Crippen molar-refractivity contribution in [2.75, 3.05) is 0 Å². The van der Waals surface area contributed by atoms with E-state index in [2.05, 4.69) is 10.1 Å². The van der Waals surface area contributed by atoms with Gasteiger partial charge in [-0.1, -0.05) is 18.5 Å². The zero-order valence-corrected chi connectivity index (χ0v) is 9.56. The Hall–Kier alpha value is -1.75. The van der Waals surface area contributed by atoms with Crippen molar-refractivity contribution < 1.29 is 8.91 Å². The van der Waals surface area contributed by atoms with Crippen molar-refractivity contribution in [1.82, 2.24) is 10.1 Å². The van der Waals surface area contributed by atoms with Crippen LogP contribution in [-0.4, -0.2) is 10.1 Å². The summed E-state index contributed by atoms with van der Waals surface area (Å²) in [6.45, 7) is 2.04. The van der Waals surface area contributed by atoms with Crippen molar-refractivity contribution in [2.24, 2.45) is 5.73 Å². The van der Waals surface area contributed by atoms with Crippen LogP contribution in [0.4, 0.5) is 4.39 Å². The molecule has 1 aromatic carbocycles. The average Bonchev–Trinajstić information content (AvgIpc) is 2.80. The Labute approximate surface area is 98.6 Å². The van der Waals surface area contributed by atoms with Crippen molar-refractivity contribution >= 4 is 0 Å². The first kappa shape index (κ1) is 11.7. The lowest BCUT2D eigenvalue weighted by Crippen LogP contribution is -2.11. The minimum Gasteiger partial charge on any atom is -0.334 e. The maximum atomic E-state index is 12.7. The summed E-state index contributed by atoms with van der Waals surface area (Å²) in [5.41, 5.74) is 6.56. The molecular formula is C12H14FN3O. The molecule has 0 amide bonds. The summed E-state index contributed by atoms with van der Waals surface area (Å²) in [4.78, 5) is 4.20. The van der Waals surface area contributed by atoms with Crippen LogP contribution in [0.2, 0.25) is 0 Å². The van der Waals surface area contributed by atoms with E-state index in [0.29, 0.717) is 17.3 Å². The van der Waals surface area contributed by atoms with Gasteiger partial charge in [-0.05, 0) is 30.7 Å². The molecular weight excluding hydrogens is 221 g/mol. The first-order valence-corrected chi connectivity index (χ1v) is 5.56. The first-order valence-electron chi connectivity index (χ1n) is 5.56. The van der Waals surface area contributed by atoms with E-state index in [1.165, 1.54) is 12.1 Å². The smallest absolute Gasteiger partial charge is 0.257 e. The third-order valence-corrected chi connectivity index (χ3v) is 2.46. The highest BCUT2D eigenvalue weighted by atomic mass is 19.1. The predicted molar refractivity (Wildman–Crippen MR) is 61.5 cm³/mol. The van der Waals surface area contributed by atoms with Crippen LogP contribution in [0.3, 0.4) is 0 Å². The van der Waals surface area contributed by atoms with Gasteiger partial charge >= 0.3 is 0 Å².